The topological polar surface area (TPSA) is 12.9 Å². The zero-order valence-corrected chi connectivity index (χ0v) is 21.4. The third kappa shape index (κ3) is 8.30. The summed E-state index contributed by atoms with van der Waals surface area (Å²) in [5.41, 5.74) is 4.57. The van der Waals surface area contributed by atoms with Crippen LogP contribution in [0.2, 0.25) is 33.0 Å². The maximum atomic E-state index is 5.02. The van der Waals surface area contributed by atoms with E-state index in [9.17, 15) is 0 Å². The minimum atomic E-state index is -2.36. The molecule has 0 aromatic carbocycles. The van der Waals surface area contributed by atoms with Crippen LogP contribution in [0.25, 0.3) is 0 Å². The minimum absolute atomic E-state index is 1.10. The van der Waals surface area contributed by atoms with Gasteiger partial charge in [0.1, 0.15) is 0 Å². The van der Waals surface area contributed by atoms with Crippen LogP contribution in [-0.2, 0) is 0 Å². The van der Waals surface area contributed by atoms with E-state index in [-0.39, 0.29) is 0 Å². The third-order valence-corrected chi connectivity index (χ3v) is 21.0. The Morgan fingerprint density at radius 2 is 1.40 bits per heavy atom. The second-order valence-electron chi connectivity index (χ2n) is 8.52. The zero-order valence-electron chi connectivity index (χ0n) is 17.5. The summed E-state index contributed by atoms with van der Waals surface area (Å²) < 4.78 is 5.97. The van der Waals surface area contributed by atoms with Gasteiger partial charge >= 0.3 is 163 Å². The van der Waals surface area contributed by atoms with Crippen molar-refractivity contribution >= 4 is 30.2 Å². The second kappa shape index (κ2) is 11.4. The number of rotatable bonds is 10. The molecule has 3 heteroatoms. The van der Waals surface area contributed by atoms with Gasteiger partial charge < -0.3 is 0 Å². The normalized spacial score (nSPS) is 11.9. The van der Waals surface area contributed by atoms with Crippen LogP contribution in [0.4, 0.5) is 0 Å². The molecule has 0 saturated carbocycles. The molecule has 0 saturated heterocycles. The van der Waals surface area contributed by atoms with E-state index < -0.39 is 26.5 Å². The molecule has 1 nitrogen and oxygen atoms in total. The molecule has 0 fully saturated rings. The fraction of sp³-hybridized carbons (Fsp3) is 0.682. The van der Waals surface area contributed by atoms with E-state index in [1.807, 2.05) is 0 Å². The van der Waals surface area contributed by atoms with Gasteiger partial charge in [0, 0.05) is 0 Å². The summed E-state index contributed by atoms with van der Waals surface area (Å²) in [5, 5.41) is 0. The van der Waals surface area contributed by atoms with Crippen molar-refractivity contribution < 1.29 is 0 Å². The summed E-state index contributed by atoms with van der Waals surface area (Å²) in [6, 6.07) is 4.62. The molecule has 1 aromatic heterocycles. The van der Waals surface area contributed by atoms with Crippen LogP contribution >= 0.6 is 0 Å². The molecule has 0 aliphatic carbocycles. The van der Waals surface area contributed by atoms with Gasteiger partial charge in [-0.3, -0.25) is 0 Å². The van der Waals surface area contributed by atoms with Gasteiger partial charge in [0.25, 0.3) is 0 Å². The van der Waals surface area contributed by atoms with Gasteiger partial charge in [-0.15, -0.1) is 0 Å². The summed E-state index contributed by atoms with van der Waals surface area (Å²) in [6.07, 6.45) is 10.2. The van der Waals surface area contributed by atoms with Crippen LogP contribution < -0.4 is 3.71 Å². The first kappa shape index (κ1) is 22.8. The van der Waals surface area contributed by atoms with E-state index >= 15 is 0 Å². The molecular weight excluding hydrogens is 425 g/mol. The van der Waals surface area contributed by atoms with Gasteiger partial charge in [-0.2, -0.15) is 0 Å². The molecule has 0 radical (unpaired) electrons. The Hall–Kier alpha value is -0.274. The first-order valence-electron chi connectivity index (χ1n) is 10.4. The van der Waals surface area contributed by atoms with Crippen LogP contribution in [0.1, 0.15) is 64.9 Å². The predicted octanol–water partition coefficient (Wildman–Crippen LogP) is 6.37. The summed E-state index contributed by atoms with van der Waals surface area (Å²) in [5.74, 6) is 3.37. The summed E-state index contributed by atoms with van der Waals surface area (Å²) >= 11 is -2.36. The van der Waals surface area contributed by atoms with Gasteiger partial charge in [0.2, 0.25) is 0 Å². The molecular formula is C22H39NSiSn. The predicted molar refractivity (Wildman–Crippen MR) is 119 cm³/mol. The molecule has 0 aliphatic rings. The number of hydrogen-bond acceptors (Lipinski definition) is 1. The average Bonchev–Trinajstić information content (AvgIpc) is 2.59. The quantitative estimate of drug-likeness (QED) is 0.290. The number of pyridine rings is 1. The first-order chi connectivity index (χ1) is 11.9. The SMILES string of the molecule is CCC[CH2][Sn]([CH2]CCC)([CH2]CCC)[c]1ccc(C#C[Si](C)(C)C)cn1. The summed E-state index contributed by atoms with van der Waals surface area (Å²) in [7, 11) is -1.32. The molecule has 25 heavy (non-hydrogen) atoms. The van der Waals surface area contributed by atoms with Crippen molar-refractivity contribution in [3.63, 3.8) is 0 Å². The molecule has 0 unspecified atom stereocenters. The van der Waals surface area contributed by atoms with Crippen molar-refractivity contribution in [3.8, 4) is 11.5 Å². The number of aromatic nitrogens is 1. The van der Waals surface area contributed by atoms with Crippen LogP contribution in [0, 0.1) is 11.5 Å². The van der Waals surface area contributed by atoms with E-state index in [4.69, 9.17) is 4.98 Å². The van der Waals surface area contributed by atoms with Crippen molar-refractivity contribution in [3.05, 3.63) is 23.9 Å². The first-order valence-corrected chi connectivity index (χ1v) is 21.3. The average molecular weight is 464 g/mol. The molecule has 0 aliphatic heterocycles. The Kier molecular flexibility index (Phi) is 10.4. The Bertz CT molecular complexity index is 526. The van der Waals surface area contributed by atoms with Crippen molar-refractivity contribution in [2.75, 3.05) is 0 Å². The van der Waals surface area contributed by atoms with Crippen molar-refractivity contribution in [2.45, 2.75) is 92.2 Å². The van der Waals surface area contributed by atoms with Crippen LogP contribution in [0.5, 0.6) is 0 Å². The van der Waals surface area contributed by atoms with Gasteiger partial charge in [-0.05, 0) is 0 Å². The Balaban J connectivity index is 3.11. The maximum absolute atomic E-state index is 5.02. The summed E-state index contributed by atoms with van der Waals surface area (Å²) in [6.45, 7) is 13.9. The molecule has 0 atom stereocenters. The monoisotopic (exact) mass is 465 g/mol. The molecule has 0 bridgehead atoms. The van der Waals surface area contributed by atoms with E-state index in [0.717, 1.165) is 5.56 Å². The number of nitrogens with zero attached hydrogens (tertiary/aromatic N) is 1. The standard InChI is InChI=1S/C10H12NSi.3C4H9.Sn/c1-12(2,3)8-6-10-5-4-7-11-9-10;3*1-3-4-2;/h4-5,9H,1-3H3;3*1,3-4H2,2H3;. The molecule has 1 heterocycles. The Morgan fingerprint density at radius 1 is 0.880 bits per heavy atom. The van der Waals surface area contributed by atoms with E-state index in [0.29, 0.717) is 0 Å². The van der Waals surface area contributed by atoms with E-state index in [1.165, 1.54) is 55.5 Å². The summed E-state index contributed by atoms with van der Waals surface area (Å²) in [4.78, 5) is 5.02. The van der Waals surface area contributed by atoms with Crippen molar-refractivity contribution in [2.24, 2.45) is 0 Å². The van der Waals surface area contributed by atoms with Gasteiger partial charge in [0.05, 0.1) is 0 Å². The fourth-order valence-electron chi connectivity index (χ4n) is 3.35. The second-order valence-corrected chi connectivity index (χ2v) is 26.3. The molecule has 0 amide bonds. The van der Waals surface area contributed by atoms with Crippen LogP contribution in [-0.4, -0.2) is 31.4 Å². The van der Waals surface area contributed by atoms with Crippen LogP contribution in [0.15, 0.2) is 18.3 Å². The molecule has 140 valence electrons. The molecule has 0 spiro atoms. The van der Waals surface area contributed by atoms with Gasteiger partial charge in [-0.1, -0.05) is 0 Å². The van der Waals surface area contributed by atoms with E-state index in [1.54, 1.807) is 0 Å². The van der Waals surface area contributed by atoms with Crippen LogP contribution in [0.3, 0.4) is 0 Å². The van der Waals surface area contributed by atoms with Crippen molar-refractivity contribution in [1.29, 1.82) is 0 Å². The molecule has 1 rings (SSSR count). The zero-order chi connectivity index (χ0) is 18.8. The van der Waals surface area contributed by atoms with Gasteiger partial charge in [0.15, 0.2) is 0 Å². The number of hydrogen-bond donors (Lipinski definition) is 0. The third-order valence-electron chi connectivity index (χ3n) is 4.92. The number of unbranched alkanes of at least 4 members (excludes halogenated alkanes) is 3. The molecule has 1 aromatic rings. The van der Waals surface area contributed by atoms with Crippen molar-refractivity contribution in [1.82, 2.24) is 4.98 Å². The Labute approximate surface area is 162 Å². The van der Waals surface area contributed by atoms with Gasteiger partial charge in [-0.25, -0.2) is 0 Å². The van der Waals surface area contributed by atoms with E-state index in [2.05, 4.69) is 70.2 Å². The fourth-order valence-corrected chi connectivity index (χ4v) is 19.2. The Morgan fingerprint density at radius 3 is 1.76 bits per heavy atom. The molecule has 0 N–H and O–H groups in total.